The molecule has 1 fully saturated rings. The van der Waals surface area contributed by atoms with Crippen molar-refractivity contribution in [1.29, 1.82) is 0 Å². The zero-order chi connectivity index (χ0) is 15.4. The summed E-state index contributed by atoms with van der Waals surface area (Å²) in [5.74, 6) is 1.85. The van der Waals surface area contributed by atoms with Crippen molar-refractivity contribution in [3.8, 4) is 5.75 Å². The summed E-state index contributed by atoms with van der Waals surface area (Å²) in [6, 6.07) is 7.92. The lowest BCUT2D eigenvalue weighted by molar-refractivity contribution is 0.0507. The van der Waals surface area contributed by atoms with Gasteiger partial charge in [0, 0.05) is 0 Å². The second-order valence-electron chi connectivity index (χ2n) is 6.14. The minimum Gasteiger partial charge on any atom is -0.497 e. The average Bonchev–Trinajstić information content (AvgIpc) is 2.76. The number of ether oxygens (including phenoxy) is 2. The van der Waals surface area contributed by atoms with Gasteiger partial charge < -0.3 is 14.6 Å². The van der Waals surface area contributed by atoms with E-state index in [0.29, 0.717) is 25.0 Å². The normalized spacial score (nSPS) is 28.6. The van der Waals surface area contributed by atoms with Crippen LogP contribution in [0.1, 0.15) is 25.8 Å². The van der Waals surface area contributed by atoms with E-state index in [4.69, 9.17) is 9.47 Å². The van der Waals surface area contributed by atoms with Crippen LogP contribution in [0.15, 0.2) is 36.4 Å². The molecule has 1 N–H and O–H groups in total. The number of benzene rings is 1. The van der Waals surface area contributed by atoms with Gasteiger partial charge >= 0.3 is 0 Å². The fraction of sp³-hybridized carbons (Fsp3) is 0.556. The number of aliphatic hydroxyl groups excluding tert-OH is 1. The topological polar surface area (TPSA) is 38.7 Å². The van der Waals surface area contributed by atoms with Crippen LogP contribution in [0.2, 0.25) is 0 Å². The molecule has 1 aliphatic carbocycles. The molecule has 1 aliphatic rings. The highest BCUT2D eigenvalue weighted by Crippen LogP contribution is 2.40. The summed E-state index contributed by atoms with van der Waals surface area (Å²) in [5.41, 5.74) is 2.28. The molecule has 3 heteroatoms. The molecule has 0 spiro atoms. The number of hydrogen-bond donors (Lipinski definition) is 1. The molecule has 0 radical (unpaired) electrons. The first-order valence-electron chi connectivity index (χ1n) is 7.57. The fourth-order valence-corrected chi connectivity index (χ4v) is 3.17. The van der Waals surface area contributed by atoms with E-state index in [-0.39, 0.29) is 12.0 Å². The van der Waals surface area contributed by atoms with Crippen LogP contribution in [-0.4, -0.2) is 24.9 Å². The molecule has 0 saturated heterocycles. The Morgan fingerprint density at radius 1 is 1.33 bits per heavy atom. The highest BCUT2D eigenvalue weighted by molar-refractivity contribution is 5.26. The zero-order valence-corrected chi connectivity index (χ0v) is 13.2. The molecule has 4 atom stereocenters. The number of hydrogen-bond acceptors (Lipinski definition) is 3. The summed E-state index contributed by atoms with van der Waals surface area (Å²) in [4.78, 5) is 0. The van der Waals surface area contributed by atoms with Crippen molar-refractivity contribution in [3.63, 3.8) is 0 Å². The van der Waals surface area contributed by atoms with Crippen molar-refractivity contribution in [1.82, 2.24) is 0 Å². The molecule has 0 heterocycles. The van der Waals surface area contributed by atoms with E-state index in [0.717, 1.165) is 23.3 Å². The van der Waals surface area contributed by atoms with Gasteiger partial charge in [0.15, 0.2) is 0 Å². The van der Waals surface area contributed by atoms with E-state index in [1.54, 1.807) is 7.11 Å². The first kappa shape index (κ1) is 16.1. The maximum Gasteiger partial charge on any atom is 0.118 e. The van der Waals surface area contributed by atoms with Crippen molar-refractivity contribution in [2.45, 2.75) is 33.0 Å². The molecule has 1 aromatic carbocycles. The predicted molar refractivity (Wildman–Crippen MR) is 84.2 cm³/mol. The van der Waals surface area contributed by atoms with Gasteiger partial charge in [0.05, 0.1) is 26.4 Å². The SMILES string of the molecule is C=C(C)[C@H]1C[C@H](O)[C@H](C)[C@H]1COCc1ccc(OC)cc1. The Balaban J connectivity index is 1.87. The van der Waals surface area contributed by atoms with Crippen molar-refractivity contribution in [2.24, 2.45) is 17.8 Å². The van der Waals surface area contributed by atoms with E-state index in [2.05, 4.69) is 13.5 Å². The molecule has 0 aromatic heterocycles. The Morgan fingerprint density at radius 3 is 2.57 bits per heavy atom. The Bertz CT molecular complexity index is 466. The van der Waals surface area contributed by atoms with Crippen LogP contribution in [0.5, 0.6) is 5.75 Å². The van der Waals surface area contributed by atoms with Gasteiger partial charge in [-0.3, -0.25) is 0 Å². The van der Waals surface area contributed by atoms with Gasteiger partial charge in [-0.15, -0.1) is 0 Å². The van der Waals surface area contributed by atoms with Gasteiger partial charge in [0.25, 0.3) is 0 Å². The van der Waals surface area contributed by atoms with E-state index < -0.39 is 0 Å². The van der Waals surface area contributed by atoms with Crippen molar-refractivity contribution in [3.05, 3.63) is 42.0 Å². The molecule has 0 bridgehead atoms. The molecule has 116 valence electrons. The highest BCUT2D eigenvalue weighted by atomic mass is 16.5. The Hall–Kier alpha value is -1.32. The third kappa shape index (κ3) is 3.86. The van der Waals surface area contributed by atoms with E-state index in [9.17, 15) is 5.11 Å². The monoisotopic (exact) mass is 290 g/mol. The smallest absolute Gasteiger partial charge is 0.118 e. The summed E-state index contributed by atoms with van der Waals surface area (Å²) in [5, 5.41) is 10.1. The lowest BCUT2D eigenvalue weighted by Gasteiger charge is -2.23. The van der Waals surface area contributed by atoms with Crippen LogP contribution < -0.4 is 4.74 Å². The van der Waals surface area contributed by atoms with Crippen LogP contribution in [0.4, 0.5) is 0 Å². The van der Waals surface area contributed by atoms with Crippen LogP contribution in [-0.2, 0) is 11.3 Å². The molecule has 0 aliphatic heterocycles. The number of methoxy groups -OCH3 is 1. The van der Waals surface area contributed by atoms with Gasteiger partial charge in [0.2, 0.25) is 0 Å². The molecular weight excluding hydrogens is 264 g/mol. The van der Waals surface area contributed by atoms with E-state index >= 15 is 0 Å². The lowest BCUT2D eigenvalue weighted by atomic mass is 9.87. The lowest BCUT2D eigenvalue weighted by Crippen LogP contribution is -2.22. The third-order valence-electron chi connectivity index (χ3n) is 4.67. The summed E-state index contributed by atoms with van der Waals surface area (Å²) in [6.45, 7) is 9.47. The largest absolute Gasteiger partial charge is 0.497 e. The molecular formula is C18H26O3. The second kappa shape index (κ2) is 7.10. The van der Waals surface area contributed by atoms with Crippen LogP contribution >= 0.6 is 0 Å². The highest BCUT2D eigenvalue weighted by Gasteiger charge is 2.39. The minimum atomic E-state index is -0.235. The van der Waals surface area contributed by atoms with Gasteiger partial charge in [-0.1, -0.05) is 31.2 Å². The van der Waals surface area contributed by atoms with Crippen molar-refractivity contribution < 1.29 is 14.6 Å². The quantitative estimate of drug-likeness (QED) is 0.816. The molecule has 3 nitrogen and oxygen atoms in total. The molecule has 0 unspecified atom stereocenters. The predicted octanol–water partition coefficient (Wildman–Crippen LogP) is 3.42. The van der Waals surface area contributed by atoms with Gasteiger partial charge in [-0.25, -0.2) is 0 Å². The number of rotatable bonds is 6. The van der Waals surface area contributed by atoms with Crippen LogP contribution in [0, 0.1) is 17.8 Å². The number of aliphatic hydroxyl groups is 1. The summed E-state index contributed by atoms with van der Waals surface area (Å²) >= 11 is 0. The number of allylic oxidation sites excluding steroid dienone is 1. The van der Waals surface area contributed by atoms with Gasteiger partial charge in [-0.2, -0.15) is 0 Å². The molecule has 1 saturated carbocycles. The van der Waals surface area contributed by atoms with Gasteiger partial charge in [-0.05, 0) is 48.8 Å². The second-order valence-corrected chi connectivity index (χ2v) is 6.14. The third-order valence-corrected chi connectivity index (χ3v) is 4.67. The molecule has 0 amide bonds. The first-order valence-corrected chi connectivity index (χ1v) is 7.57. The minimum absolute atomic E-state index is 0.235. The zero-order valence-electron chi connectivity index (χ0n) is 13.2. The average molecular weight is 290 g/mol. The standard InChI is InChI=1S/C18H26O3/c1-12(2)16-9-18(19)13(3)17(16)11-21-10-14-5-7-15(20-4)8-6-14/h5-8,13,16-19H,1,9-11H2,2-4H3/t13-,16-,17-,18+/m1/s1. The summed E-state index contributed by atoms with van der Waals surface area (Å²) in [7, 11) is 1.66. The van der Waals surface area contributed by atoms with Crippen molar-refractivity contribution in [2.75, 3.05) is 13.7 Å². The molecule has 21 heavy (non-hydrogen) atoms. The fourth-order valence-electron chi connectivity index (χ4n) is 3.17. The van der Waals surface area contributed by atoms with Crippen molar-refractivity contribution >= 4 is 0 Å². The van der Waals surface area contributed by atoms with Gasteiger partial charge in [0.1, 0.15) is 5.75 Å². The molecule has 1 aromatic rings. The van der Waals surface area contributed by atoms with Crippen LogP contribution in [0.3, 0.4) is 0 Å². The first-order chi connectivity index (χ1) is 10.0. The van der Waals surface area contributed by atoms with E-state index in [1.807, 2.05) is 31.2 Å². The molecule has 2 rings (SSSR count). The Morgan fingerprint density at radius 2 is 2.00 bits per heavy atom. The maximum atomic E-state index is 10.1. The van der Waals surface area contributed by atoms with E-state index in [1.165, 1.54) is 0 Å². The maximum absolute atomic E-state index is 10.1. The summed E-state index contributed by atoms with van der Waals surface area (Å²) < 4.78 is 11.0. The summed E-state index contributed by atoms with van der Waals surface area (Å²) in [6.07, 6.45) is 0.578. The van der Waals surface area contributed by atoms with Crippen LogP contribution in [0.25, 0.3) is 0 Å². The Labute approximate surface area is 127 Å². The Kier molecular flexibility index (Phi) is 5.43.